The third kappa shape index (κ3) is 2.13. The summed E-state index contributed by atoms with van der Waals surface area (Å²) < 4.78 is 31.1. The van der Waals surface area contributed by atoms with E-state index in [4.69, 9.17) is 0 Å². The molecule has 0 fully saturated rings. The second-order valence-corrected chi connectivity index (χ2v) is 6.24. The van der Waals surface area contributed by atoms with Gasteiger partial charge in [0.2, 0.25) is 10.0 Å². The van der Waals surface area contributed by atoms with Gasteiger partial charge in [-0.15, -0.1) is 0 Å². The maximum absolute atomic E-state index is 11.7. The Kier molecular flexibility index (Phi) is 3.16. The van der Waals surface area contributed by atoms with Gasteiger partial charge in [-0.1, -0.05) is 0 Å². The summed E-state index contributed by atoms with van der Waals surface area (Å²) in [5.74, 6) is -0.559. The Morgan fingerprint density at radius 3 is 2.78 bits per heavy atom. The van der Waals surface area contributed by atoms with E-state index in [9.17, 15) is 13.2 Å². The minimum absolute atomic E-state index is 0.143. The molecule has 0 saturated heterocycles. The van der Waals surface area contributed by atoms with Crippen LogP contribution in [0.15, 0.2) is 6.33 Å². The van der Waals surface area contributed by atoms with Gasteiger partial charge in [-0.25, -0.2) is 13.4 Å². The molecule has 7 nitrogen and oxygen atoms in total. The Hall–Kier alpha value is -1.41. The van der Waals surface area contributed by atoms with Crippen LogP contribution in [0.5, 0.6) is 0 Å². The zero-order valence-corrected chi connectivity index (χ0v) is 11.3. The van der Waals surface area contributed by atoms with Crippen LogP contribution in [0.4, 0.5) is 0 Å². The van der Waals surface area contributed by atoms with Crippen molar-refractivity contribution < 1.29 is 17.9 Å². The Morgan fingerprint density at radius 2 is 2.22 bits per heavy atom. The molecule has 1 aromatic heterocycles. The first-order valence-electron chi connectivity index (χ1n) is 5.38. The monoisotopic (exact) mass is 273 g/mol. The van der Waals surface area contributed by atoms with E-state index in [2.05, 4.69) is 9.72 Å². The van der Waals surface area contributed by atoms with Gasteiger partial charge in [0.25, 0.3) is 0 Å². The molecule has 0 saturated carbocycles. The SMILES string of the molecule is COC(=O)[C@@H]1Cc2ncn(C)c2CN1S(C)(=O)=O. The number of fused-ring (bicyclic) bond motifs is 1. The van der Waals surface area contributed by atoms with E-state index in [-0.39, 0.29) is 13.0 Å². The van der Waals surface area contributed by atoms with E-state index in [0.29, 0.717) is 0 Å². The van der Waals surface area contributed by atoms with Crippen LogP contribution >= 0.6 is 0 Å². The molecule has 0 aliphatic carbocycles. The fourth-order valence-electron chi connectivity index (χ4n) is 2.11. The van der Waals surface area contributed by atoms with Crippen LogP contribution in [-0.2, 0) is 39.6 Å². The predicted octanol–water partition coefficient (Wildman–Crippen LogP) is -0.721. The molecule has 1 atom stereocenters. The summed E-state index contributed by atoms with van der Waals surface area (Å²) in [4.78, 5) is 15.9. The molecule has 0 bridgehead atoms. The van der Waals surface area contributed by atoms with Gasteiger partial charge < -0.3 is 9.30 Å². The predicted molar refractivity (Wildman–Crippen MR) is 63.1 cm³/mol. The van der Waals surface area contributed by atoms with Crippen molar-refractivity contribution in [2.24, 2.45) is 7.05 Å². The van der Waals surface area contributed by atoms with Gasteiger partial charge in [0.15, 0.2) is 0 Å². The average Bonchev–Trinajstić information content (AvgIpc) is 2.67. The molecule has 1 aliphatic rings. The number of nitrogens with zero attached hydrogens (tertiary/aromatic N) is 3. The van der Waals surface area contributed by atoms with Gasteiger partial charge in [0, 0.05) is 13.5 Å². The zero-order valence-electron chi connectivity index (χ0n) is 10.5. The van der Waals surface area contributed by atoms with Crippen molar-refractivity contribution in [2.75, 3.05) is 13.4 Å². The van der Waals surface area contributed by atoms with Crippen LogP contribution in [0.25, 0.3) is 0 Å². The summed E-state index contributed by atoms with van der Waals surface area (Å²) in [5, 5.41) is 0. The Labute approximate surface area is 105 Å². The van der Waals surface area contributed by atoms with Crippen molar-refractivity contribution in [3.8, 4) is 0 Å². The van der Waals surface area contributed by atoms with Crippen molar-refractivity contribution >= 4 is 16.0 Å². The molecule has 0 radical (unpaired) electrons. The fraction of sp³-hybridized carbons (Fsp3) is 0.600. The van der Waals surface area contributed by atoms with E-state index >= 15 is 0 Å². The van der Waals surface area contributed by atoms with Crippen LogP contribution in [0.3, 0.4) is 0 Å². The van der Waals surface area contributed by atoms with Gasteiger partial charge >= 0.3 is 5.97 Å². The molecule has 1 aliphatic heterocycles. The largest absolute Gasteiger partial charge is 0.468 e. The Morgan fingerprint density at radius 1 is 1.56 bits per heavy atom. The van der Waals surface area contributed by atoms with Crippen molar-refractivity contribution in [1.82, 2.24) is 13.9 Å². The second kappa shape index (κ2) is 4.36. The summed E-state index contributed by atoms with van der Waals surface area (Å²) in [6.45, 7) is 0.143. The number of methoxy groups -OCH3 is 1. The van der Waals surface area contributed by atoms with E-state index < -0.39 is 22.0 Å². The number of aryl methyl sites for hydroxylation is 1. The molecule has 18 heavy (non-hydrogen) atoms. The first-order valence-corrected chi connectivity index (χ1v) is 7.23. The first kappa shape index (κ1) is 13.0. The van der Waals surface area contributed by atoms with Crippen LogP contribution in [-0.4, -0.2) is 47.7 Å². The van der Waals surface area contributed by atoms with Gasteiger partial charge in [-0.2, -0.15) is 4.31 Å². The topological polar surface area (TPSA) is 81.5 Å². The number of esters is 1. The molecule has 0 unspecified atom stereocenters. The molecule has 2 heterocycles. The summed E-state index contributed by atoms with van der Waals surface area (Å²) in [7, 11) is -0.433. The highest BCUT2D eigenvalue weighted by molar-refractivity contribution is 7.88. The third-order valence-corrected chi connectivity index (χ3v) is 4.32. The normalized spacial score (nSPS) is 20.5. The van der Waals surface area contributed by atoms with Crippen LogP contribution < -0.4 is 0 Å². The summed E-state index contributed by atoms with van der Waals surface area (Å²) in [5.41, 5.74) is 1.55. The quantitative estimate of drug-likeness (QED) is 0.664. The van der Waals surface area contributed by atoms with Gasteiger partial charge in [0.1, 0.15) is 6.04 Å². The van der Waals surface area contributed by atoms with Crippen LogP contribution in [0.2, 0.25) is 0 Å². The lowest BCUT2D eigenvalue weighted by Gasteiger charge is -2.31. The lowest BCUT2D eigenvalue weighted by Crippen LogP contribution is -2.49. The molecule has 0 spiro atoms. The highest BCUT2D eigenvalue weighted by atomic mass is 32.2. The van der Waals surface area contributed by atoms with Crippen molar-refractivity contribution in [1.29, 1.82) is 0 Å². The fourth-order valence-corrected chi connectivity index (χ4v) is 3.09. The van der Waals surface area contributed by atoms with Crippen LogP contribution in [0, 0.1) is 0 Å². The molecule has 0 N–H and O–H groups in total. The summed E-state index contributed by atoms with van der Waals surface area (Å²) in [6.07, 6.45) is 2.95. The van der Waals surface area contributed by atoms with Crippen molar-refractivity contribution in [3.63, 3.8) is 0 Å². The zero-order chi connectivity index (χ0) is 13.5. The number of sulfonamides is 1. The number of hydrogen-bond donors (Lipinski definition) is 0. The van der Waals surface area contributed by atoms with Crippen molar-refractivity contribution in [2.45, 2.75) is 19.0 Å². The molecular weight excluding hydrogens is 258 g/mol. The molecule has 1 aromatic rings. The van der Waals surface area contributed by atoms with E-state index in [1.54, 1.807) is 17.9 Å². The third-order valence-electron chi connectivity index (χ3n) is 3.08. The highest BCUT2D eigenvalue weighted by Gasteiger charge is 2.39. The Balaban J connectivity index is 2.44. The van der Waals surface area contributed by atoms with E-state index in [1.165, 1.54) is 7.11 Å². The van der Waals surface area contributed by atoms with E-state index in [0.717, 1.165) is 21.9 Å². The molecule has 2 rings (SSSR count). The molecule has 100 valence electrons. The van der Waals surface area contributed by atoms with Gasteiger partial charge in [-0.05, 0) is 0 Å². The van der Waals surface area contributed by atoms with Crippen molar-refractivity contribution in [3.05, 3.63) is 17.7 Å². The number of imidazole rings is 1. The number of carbonyl (C=O) groups excluding carboxylic acids is 1. The average molecular weight is 273 g/mol. The molecule has 0 amide bonds. The number of ether oxygens (including phenoxy) is 1. The molecule has 8 heteroatoms. The second-order valence-electron chi connectivity index (χ2n) is 4.30. The standard InChI is InChI=1S/C10H15N3O4S/c1-12-6-11-7-4-8(10(14)17-2)13(5-9(7)12)18(3,15)16/h6,8H,4-5H2,1-3H3/t8-/m0/s1. The smallest absolute Gasteiger partial charge is 0.324 e. The maximum atomic E-state index is 11.7. The van der Waals surface area contributed by atoms with Gasteiger partial charge in [-0.3, -0.25) is 4.79 Å². The number of carbonyl (C=O) groups is 1. The van der Waals surface area contributed by atoms with E-state index in [1.807, 2.05) is 0 Å². The summed E-state index contributed by atoms with van der Waals surface area (Å²) in [6, 6.07) is -0.826. The molecule has 0 aromatic carbocycles. The number of rotatable bonds is 2. The number of hydrogen-bond acceptors (Lipinski definition) is 5. The first-order chi connectivity index (χ1) is 8.34. The minimum Gasteiger partial charge on any atom is -0.468 e. The lowest BCUT2D eigenvalue weighted by atomic mass is 10.1. The van der Waals surface area contributed by atoms with Gasteiger partial charge in [0.05, 0.1) is 37.6 Å². The number of aromatic nitrogens is 2. The summed E-state index contributed by atoms with van der Waals surface area (Å²) >= 11 is 0. The lowest BCUT2D eigenvalue weighted by molar-refractivity contribution is -0.145. The maximum Gasteiger partial charge on any atom is 0.324 e. The minimum atomic E-state index is -3.48. The van der Waals surface area contributed by atoms with Crippen LogP contribution in [0.1, 0.15) is 11.4 Å². The highest BCUT2D eigenvalue weighted by Crippen LogP contribution is 2.24. The molecular formula is C10H15N3O4S. The Bertz CT molecular complexity index is 578.